The molecule has 6 rings (SSSR count). The Kier molecular flexibility index (Phi) is 12.0. The van der Waals surface area contributed by atoms with Gasteiger partial charge in [-0.05, 0) is 139 Å². The maximum atomic E-state index is 13.9. The SMILES string of the molecule is COC(=O)C=Cc1ccc(-c2ccc(O[Si](C)(C)C(C)(C)C)c(C34CC5CC(CC(C5)C3)C4)c2)c(C(=O)NCCCCCCCC(=O)NO)c1. The number of hydrogen-bond acceptors (Lipinski definition) is 6. The lowest BCUT2D eigenvalue weighted by atomic mass is 9.48. The number of ether oxygens (including phenoxy) is 1. The minimum Gasteiger partial charge on any atom is -0.543 e. The highest BCUT2D eigenvalue weighted by Gasteiger charge is 2.53. The molecular formula is C41H58N2O6Si. The van der Waals surface area contributed by atoms with E-state index in [0.717, 1.165) is 72.3 Å². The Labute approximate surface area is 299 Å². The van der Waals surface area contributed by atoms with Crippen molar-refractivity contribution in [3.8, 4) is 16.9 Å². The molecule has 4 fully saturated rings. The second-order valence-corrected chi connectivity index (χ2v) is 21.5. The summed E-state index contributed by atoms with van der Waals surface area (Å²) >= 11 is 0. The Morgan fingerprint density at radius 3 is 2.18 bits per heavy atom. The van der Waals surface area contributed by atoms with Crippen LogP contribution in [-0.2, 0) is 19.7 Å². The fourth-order valence-corrected chi connectivity index (χ4v) is 9.73. The lowest BCUT2D eigenvalue weighted by Crippen LogP contribution is -2.49. The molecule has 4 aliphatic rings. The summed E-state index contributed by atoms with van der Waals surface area (Å²) < 4.78 is 11.9. The van der Waals surface area contributed by atoms with Crippen molar-refractivity contribution in [3.63, 3.8) is 0 Å². The van der Waals surface area contributed by atoms with Crippen LogP contribution in [0.4, 0.5) is 0 Å². The van der Waals surface area contributed by atoms with Crippen LogP contribution in [0.2, 0.25) is 18.1 Å². The van der Waals surface area contributed by atoms with E-state index in [0.29, 0.717) is 18.5 Å². The first-order valence-electron chi connectivity index (χ1n) is 18.7. The van der Waals surface area contributed by atoms with Crippen LogP contribution < -0.4 is 15.2 Å². The number of carbonyl (C=O) groups is 3. The Bertz CT molecular complexity index is 1540. The second kappa shape index (κ2) is 15.8. The minimum atomic E-state index is -2.12. The normalized spacial score (nSPS) is 22.8. The zero-order chi connectivity index (χ0) is 36.1. The highest BCUT2D eigenvalue weighted by molar-refractivity contribution is 6.74. The van der Waals surface area contributed by atoms with Crippen molar-refractivity contribution in [1.29, 1.82) is 0 Å². The molecular weight excluding hydrogens is 645 g/mol. The van der Waals surface area contributed by atoms with Crippen molar-refractivity contribution >= 4 is 32.2 Å². The molecule has 4 saturated carbocycles. The molecule has 50 heavy (non-hydrogen) atoms. The van der Waals surface area contributed by atoms with Crippen molar-refractivity contribution < 1.29 is 28.8 Å². The van der Waals surface area contributed by atoms with Crippen LogP contribution in [0.3, 0.4) is 0 Å². The van der Waals surface area contributed by atoms with Gasteiger partial charge in [0.25, 0.3) is 5.91 Å². The average Bonchev–Trinajstić information content (AvgIpc) is 3.06. The number of amides is 2. The van der Waals surface area contributed by atoms with E-state index >= 15 is 0 Å². The molecule has 4 aliphatic carbocycles. The quantitative estimate of drug-likeness (QED) is 0.0427. The van der Waals surface area contributed by atoms with E-state index in [4.69, 9.17) is 14.4 Å². The highest BCUT2D eigenvalue weighted by Crippen LogP contribution is 2.62. The fraction of sp³-hybridized carbons (Fsp3) is 0.585. The van der Waals surface area contributed by atoms with Crippen LogP contribution in [0.15, 0.2) is 42.5 Å². The molecule has 2 amide bonds. The Balaban J connectivity index is 1.44. The first-order valence-corrected chi connectivity index (χ1v) is 21.6. The lowest BCUT2D eigenvalue weighted by molar-refractivity contribution is -0.134. The van der Waals surface area contributed by atoms with Gasteiger partial charge in [-0.15, -0.1) is 0 Å². The number of nitrogens with one attached hydrogen (secondary N) is 2. The van der Waals surface area contributed by atoms with E-state index in [1.807, 2.05) is 18.2 Å². The summed E-state index contributed by atoms with van der Waals surface area (Å²) in [4.78, 5) is 37.0. The van der Waals surface area contributed by atoms with Crippen LogP contribution in [0.25, 0.3) is 17.2 Å². The summed E-state index contributed by atoms with van der Waals surface area (Å²) in [6.07, 6.45) is 15.4. The predicted octanol–water partition coefficient (Wildman–Crippen LogP) is 8.97. The summed E-state index contributed by atoms with van der Waals surface area (Å²) in [5.41, 5.74) is 6.30. The van der Waals surface area contributed by atoms with E-state index in [1.165, 1.54) is 57.3 Å². The molecule has 8 nitrogen and oxygen atoms in total. The standard InChI is InChI=1S/C41H58N2O6Si/c1-40(2,3)50(5,6)49-36-17-15-32(24-35(36)41-25-29-20-30(26-41)22-31(21-29)27-41)33-16-13-28(14-18-38(45)48-4)23-34(33)39(46)42-19-11-9-7-8-10-12-37(44)43-47/h13-18,23-24,29-31,47H,7-12,19-22,25-27H2,1-6H3,(H,42,46)(H,43,44). The summed E-state index contributed by atoms with van der Waals surface area (Å²) in [6, 6.07) is 12.5. The average molecular weight is 703 g/mol. The van der Waals surface area contributed by atoms with Crippen molar-refractivity contribution in [2.45, 2.75) is 121 Å². The number of carbonyl (C=O) groups excluding carboxylic acids is 3. The monoisotopic (exact) mass is 702 g/mol. The zero-order valence-electron chi connectivity index (χ0n) is 31.0. The zero-order valence-corrected chi connectivity index (χ0v) is 32.0. The molecule has 272 valence electrons. The number of rotatable bonds is 15. The van der Waals surface area contributed by atoms with Gasteiger partial charge in [0, 0.05) is 24.6 Å². The van der Waals surface area contributed by atoms with E-state index in [2.05, 4.69) is 57.4 Å². The molecule has 0 aliphatic heterocycles. The first kappa shape index (κ1) is 37.8. The van der Waals surface area contributed by atoms with Gasteiger partial charge in [0.1, 0.15) is 5.75 Å². The van der Waals surface area contributed by atoms with Gasteiger partial charge in [0.05, 0.1) is 7.11 Å². The summed E-state index contributed by atoms with van der Waals surface area (Å²) in [5.74, 6) is 2.43. The van der Waals surface area contributed by atoms with Crippen molar-refractivity contribution in [3.05, 3.63) is 59.2 Å². The molecule has 3 N–H and O–H groups in total. The minimum absolute atomic E-state index is 0.0691. The van der Waals surface area contributed by atoms with Crippen molar-refractivity contribution in [2.75, 3.05) is 13.7 Å². The molecule has 0 aromatic heterocycles. The third-order valence-corrected chi connectivity index (χ3v) is 16.3. The topological polar surface area (TPSA) is 114 Å². The Hall–Kier alpha value is -3.43. The molecule has 0 spiro atoms. The second-order valence-electron chi connectivity index (χ2n) is 16.7. The van der Waals surface area contributed by atoms with Gasteiger partial charge < -0.3 is 14.5 Å². The maximum absolute atomic E-state index is 13.9. The van der Waals surface area contributed by atoms with Gasteiger partial charge in [-0.3, -0.25) is 14.8 Å². The number of methoxy groups -OCH3 is 1. The first-order chi connectivity index (χ1) is 23.7. The van der Waals surface area contributed by atoms with Crippen LogP contribution >= 0.6 is 0 Å². The van der Waals surface area contributed by atoms with E-state index in [-0.39, 0.29) is 22.3 Å². The van der Waals surface area contributed by atoms with Gasteiger partial charge in [-0.2, -0.15) is 0 Å². The number of hydroxylamine groups is 1. The van der Waals surface area contributed by atoms with Crippen LogP contribution in [-0.4, -0.2) is 45.0 Å². The van der Waals surface area contributed by atoms with Gasteiger partial charge in [-0.25, -0.2) is 10.3 Å². The van der Waals surface area contributed by atoms with Gasteiger partial charge in [-0.1, -0.05) is 58.2 Å². The fourth-order valence-electron chi connectivity index (χ4n) is 8.70. The van der Waals surface area contributed by atoms with Crippen molar-refractivity contribution in [1.82, 2.24) is 10.8 Å². The summed E-state index contributed by atoms with van der Waals surface area (Å²) in [6.45, 7) is 12.1. The summed E-state index contributed by atoms with van der Waals surface area (Å²) in [7, 11) is -0.772. The number of benzene rings is 2. The molecule has 2 aromatic rings. The molecule has 0 atom stereocenters. The Morgan fingerprint density at radius 1 is 0.920 bits per heavy atom. The van der Waals surface area contributed by atoms with E-state index in [1.54, 1.807) is 11.6 Å². The Morgan fingerprint density at radius 2 is 1.56 bits per heavy atom. The number of unbranched alkanes of at least 4 members (excludes halogenated alkanes) is 4. The molecule has 2 aromatic carbocycles. The largest absolute Gasteiger partial charge is 0.543 e. The van der Waals surface area contributed by atoms with Crippen molar-refractivity contribution in [2.24, 2.45) is 17.8 Å². The maximum Gasteiger partial charge on any atom is 0.330 e. The predicted molar refractivity (Wildman–Crippen MR) is 201 cm³/mol. The van der Waals surface area contributed by atoms with Gasteiger partial charge >= 0.3 is 5.97 Å². The van der Waals surface area contributed by atoms with Crippen LogP contribution in [0, 0.1) is 17.8 Å². The lowest BCUT2D eigenvalue weighted by Gasteiger charge is -2.57. The molecule has 4 bridgehead atoms. The number of esters is 1. The van der Waals surface area contributed by atoms with Gasteiger partial charge in [0.2, 0.25) is 14.2 Å². The van der Waals surface area contributed by atoms with E-state index < -0.39 is 14.3 Å². The summed E-state index contributed by atoms with van der Waals surface area (Å²) in [5, 5.41) is 11.9. The van der Waals surface area contributed by atoms with Crippen LogP contribution in [0.5, 0.6) is 5.75 Å². The van der Waals surface area contributed by atoms with Gasteiger partial charge in [0.15, 0.2) is 0 Å². The molecule has 0 saturated heterocycles. The molecule has 0 heterocycles. The smallest absolute Gasteiger partial charge is 0.330 e. The molecule has 0 radical (unpaired) electrons. The third kappa shape index (κ3) is 8.89. The number of hydrogen-bond donors (Lipinski definition) is 3. The third-order valence-electron chi connectivity index (χ3n) is 12.0. The molecule has 9 heteroatoms. The van der Waals surface area contributed by atoms with E-state index in [9.17, 15) is 14.4 Å². The van der Waals surface area contributed by atoms with Crippen LogP contribution in [0.1, 0.15) is 119 Å². The molecule has 0 unspecified atom stereocenters. The highest BCUT2D eigenvalue weighted by atomic mass is 28.4.